The van der Waals surface area contributed by atoms with E-state index in [1.165, 1.54) is 81.1 Å². The Balaban J connectivity index is 1.22. The Labute approximate surface area is 231 Å². The third-order valence-corrected chi connectivity index (χ3v) is 12.7. The molecule has 6 rings (SSSR count). The molecule has 4 aliphatic carbocycles. The maximum atomic E-state index is 6.61. The molecule has 1 nitrogen and oxygen atoms in total. The number of benzene rings is 1. The van der Waals surface area contributed by atoms with E-state index in [2.05, 4.69) is 46.8 Å². The Morgan fingerprint density at radius 1 is 0.919 bits per heavy atom. The van der Waals surface area contributed by atoms with E-state index in [0.29, 0.717) is 10.8 Å². The molecule has 1 aromatic carbocycles. The van der Waals surface area contributed by atoms with Crippen LogP contribution in [0.15, 0.2) is 34.9 Å². The van der Waals surface area contributed by atoms with E-state index in [1.807, 2.05) is 18.4 Å². The van der Waals surface area contributed by atoms with E-state index >= 15 is 0 Å². The van der Waals surface area contributed by atoms with Crippen LogP contribution in [0.5, 0.6) is 0 Å². The van der Waals surface area contributed by atoms with E-state index in [9.17, 15) is 0 Å². The Hall–Kier alpha value is -1.21. The molecule has 0 saturated heterocycles. The summed E-state index contributed by atoms with van der Waals surface area (Å²) < 4.78 is 6.34. The second-order valence-corrected chi connectivity index (χ2v) is 15.0. The number of furan rings is 1. The first-order valence-electron chi connectivity index (χ1n) is 15.6. The highest BCUT2D eigenvalue weighted by Crippen LogP contribution is 2.68. The van der Waals surface area contributed by atoms with Crippen LogP contribution in [0.4, 0.5) is 0 Å². The van der Waals surface area contributed by atoms with Crippen molar-refractivity contribution >= 4 is 11.6 Å². The quantitative estimate of drug-likeness (QED) is 0.369. The van der Waals surface area contributed by atoms with Gasteiger partial charge in [-0.1, -0.05) is 83.7 Å². The van der Waals surface area contributed by atoms with Crippen LogP contribution in [-0.4, -0.2) is 0 Å². The fourth-order valence-corrected chi connectivity index (χ4v) is 10.7. The molecule has 8 atom stereocenters. The zero-order chi connectivity index (χ0) is 25.9. The van der Waals surface area contributed by atoms with Crippen molar-refractivity contribution in [3.05, 3.63) is 46.9 Å². The lowest BCUT2D eigenvalue weighted by atomic mass is 9.44. The molecular weight excluding hydrogens is 472 g/mol. The molecule has 37 heavy (non-hydrogen) atoms. The molecule has 0 aliphatic heterocycles. The van der Waals surface area contributed by atoms with Gasteiger partial charge in [-0.05, 0) is 103 Å². The second-order valence-electron chi connectivity index (χ2n) is 14.6. The zero-order valence-corrected chi connectivity index (χ0v) is 24.7. The van der Waals surface area contributed by atoms with Crippen molar-refractivity contribution in [2.45, 2.75) is 105 Å². The predicted molar refractivity (Wildman–Crippen MR) is 156 cm³/mol. The normalized spacial score (nSPS) is 37.5. The largest absolute Gasteiger partial charge is 0.468 e. The molecule has 202 valence electrons. The van der Waals surface area contributed by atoms with Gasteiger partial charge in [-0.3, -0.25) is 0 Å². The first kappa shape index (κ1) is 26.0. The summed E-state index contributed by atoms with van der Waals surface area (Å²) in [6.45, 7) is 12.7. The summed E-state index contributed by atoms with van der Waals surface area (Å²) in [4.78, 5) is 0. The van der Waals surface area contributed by atoms with Gasteiger partial charge in [-0.15, -0.1) is 0 Å². The minimum atomic E-state index is 0.383. The third-order valence-electron chi connectivity index (χ3n) is 12.4. The van der Waals surface area contributed by atoms with Gasteiger partial charge >= 0.3 is 0 Å². The number of fused-ring (bicyclic) bond motifs is 6. The molecule has 0 radical (unpaired) electrons. The molecule has 2 aromatic rings. The predicted octanol–water partition coefficient (Wildman–Crippen LogP) is 10.6. The first-order chi connectivity index (χ1) is 17.7. The van der Waals surface area contributed by atoms with Gasteiger partial charge in [0.15, 0.2) is 0 Å². The van der Waals surface area contributed by atoms with Crippen LogP contribution in [0.3, 0.4) is 0 Å². The molecule has 1 heterocycles. The topological polar surface area (TPSA) is 13.1 Å². The minimum absolute atomic E-state index is 0.383. The second kappa shape index (κ2) is 9.76. The fraction of sp³-hybridized carbons (Fsp3) is 0.714. The van der Waals surface area contributed by atoms with Crippen molar-refractivity contribution in [3.8, 4) is 11.1 Å². The van der Waals surface area contributed by atoms with Gasteiger partial charge in [-0.25, -0.2) is 0 Å². The van der Waals surface area contributed by atoms with Crippen LogP contribution in [0.25, 0.3) is 11.1 Å². The molecule has 2 heteroatoms. The molecule has 0 amide bonds. The van der Waals surface area contributed by atoms with Crippen LogP contribution in [-0.2, 0) is 12.8 Å². The fourth-order valence-electron chi connectivity index (χ4n) is 10.5. The lowest BCUT2D eigenvalue weighted by Gasteiger charge is -2.60. The average molecular weight is 521 g/mol. The van der Waals surface area contributed by atoms with Crippen LogP contribution in [0, 0.1) is 52.3 Å². The summed E-state index contributed by atoms with van der Waals surface area (Å²) in [6.07, 6.45) is 17.3. The molecular formula is C35H49ClO. The lowest BCUT2D eigenvalue weighted by Crippen LogP contribution is -2.54. The Morgan fingerprint density at radius 2 is 1.70 bits per heavy atom. The summed E-state index contributed by atoms with van der Waals surface area (Å²) >= 11 is 6.61. The van der Waals surface area contributed by atoms with E-state index in [0.717, 1.165) is 58.4 Å². The maximum absolute atomic E-state index is 6.61. The Kier molecular flexibility index (Phi) is 6.87. The van der Waals surface area contributed by atoms with Crippen LogP contribution >= 0.6 is 11.6 Å². The van der Waals surface area contributed by atoms with Crippen molar-refractivity contribution in [2.75, 3.05) is 0 Å². The first-order valence-corrected chi connectivity index (χ1v) is 15.9. The number of rotatable bonds is 6. The summed E-state index contributed by atoms with van der Waals surface area (Å²) in [5.74, 6) is 7.43. The molecule has 0 spiro atoms. The van der Waals surface area contributed by atoms with Crippen LogP contribution < -0.4 is 0 Å². The molecule has 4 aliphatic rings. The van der Waals surface area contributed by atoms with Crippen molar-refractivity contribution in [1.29, 1.82) is 0 Å². The van der Waals surface area contributed by atoms with Gasteiger partial charge in [0.2, 0.25) is 0 Å². The van der Waals surface area contributed by atoms with Gasteiger partial charge in [0, 0.05) is 28.1 Å². The van der Waals surface area contributed by atoms with Crippen molar-refractivity contribution in [2.24, 2.45) is 52.3 Å². The molecule has 8 unspecified atom stereocenters. The molecule has 0 N–H and O–H groups in total. The van der Waals surface area contributed by atoms with Gasteiger partial charge in [-0.2, -0.15) is 0 Å². The zero-order valence-electron chi connectivity index (χ0n) is 24.0. The molecule has 3 saturated carbocycles. The average Bonchev–Trinajstić information content (AvgIpc) is 3.42. The van der Waals surface area contributed by atoms with Gasteiger partial charge in [0.05, 0.1) is 6.26 Å². The minimum Gasteiger partial charge on any atom is -0.468 e. The highest BCUT2D eigenvalue weighted by molar-refractivity contribution is 6.33. The van der Waals surface area contributed by atoms with Crippen LogP contribution in [0.2, 0.25) is 5.02 Å². The SMILES string of the molecule is CC(C)CCCC(C)C1CCC2C3CCC4Cc5c(-c6ccccc6Cl)coc5CC4(C)C3CCC12C. The summed E-state index contributed by atoms with van der Waals surface area (Å²) in [5.41, 5.74) is 4.79. The monoisotopic (exact) mass is 520 g/mol. The van der Waals surface area contributed by atoms with Crippen molar-refractivity contribution in [1.82, 2.24) is 0 Å². The Morgan fingerprint density at radius 3 is 2.49 bits per heavy atom. The van der Waals surface area contributed by atoms with Crippen molar-refractivity contribution < 1.29 is 4.42 Å². The lowest BCUT2D eigenvalue weighted by molar-refractivity contribution is -0.105. The summed E-state index contributed by atoms with van der Waals surface area (Å²) in [6, 6.07) is 8.28. The highest BCUT2D eigenvalue weighted by atomic mass is 35.5. The van der Waals surface area contributed by atoms with Gasteiger partial charge < -0.3 is 4.42 Å². The van der Waals surface area contributed by atoms with Crippen molar-refractivity contribution in [3.63, 3.8) is 0 Å². The molecule has 0 bridgehead atoms. The van der Waals surface area contributed by atoms with Gasteiger partial charge in [0.1, 0.15) is 5.76 Å². The molecule has 1 aromatic heterocycles. The standard InChI is InChI=1S/C35H49ClO/c1-22(2)9-8-10-23(3)29-15-16-30-26-14-13-24-19-27-28(25-11-6-7-12-32(25)36)21-37-33(27)20-35(24,5)31(26)17-18-34(29,30)4/h6-7,11-12,21-24,26,29-31H,8-10,13-20H2,1-5H3. The number of hydrogen-bond acceptors (Lipinski definition) is 1. The maximum Gasteiger partial charge on any atom is 0.108 e. The van der Waals surface area contributed by atoms with Crippen LogP contribution in [0.1, 0.15) is 104 Å². The Bertz CT molecular complexity index is 1110. The number of halogens is 1. The van der Waals surface area contributed by atoms with E-state index in [4.69, 9.17) is 16.0 Å². The summed E-state index contributed by atoms with van der Waals surface area (Å²) in [7, 11) is 0. The summed E-state index contributed by atoms with van der Waals surface area (Å²) in [5, 5.41) is 0.837. The number of hydrogen-bond donors (Lipinski definition) is 0. The third kappa shape index (κ3) is 4.25. The molecule has 3 fully saturated rings. The van der Waals surface area contributed by atoms with E-state index in [-0.39, 0.29) is 0 Å². The highest BCUT2D eigenvalue weighted by Gasteiger charge is 2.60. The van der Waals surface area contributed by atoms with E-state index in [1.54, 1.807) is 0 Å². The smallest absolute Gasteiger partial charge is 0.108 e. The van der Waals surface area contributed by atoms with E-state index < -0.39 is 0 Å². The van der Waals surface area contributed by atoms with Gasteiger partial charge in [0.25, 0.3) is 0 Å².